The lowest BCUT2D eigenvalue weighted by Crippen LogP contribution is -2.10. The molecule has 2 aromatic carbocycles. The van der Waals surface area contributed by atoms with Crippen molar-refractivity contribution in [3.63, 3.8) is 0 Å². The zero-order chi connectivity index (χ0) is 21.8. The average Bonchev–Trinajstić information content (AvgIpc) is 3.25. The third kappa shape index (κ3) is 3.98. The van der Waals surface area contributed by atoms with Crippen molar-refractivity contribution in [2.75, 3.05) is 21.3 Å². The minimum absolute atomic E-state index is 0.269. The molecule has 0 aliphatic carbocycles. The first kappa shape index (κ1) is 20.2. The highest BCUT2D eigenvalue weighted by molar-refractivity contribution is 6.11. The Hall–Kier alpha value is -4.13. The Morgan fingerprint density at radius 1 is 0.968 bits per heavy atom. The van der Waals surface area contributed by atoms with E-state index in [1.165, 1.54) is 20.5 Å². The van der Waals surface area contributed by atoms with Crippen LogP contribution in [0.2, 0.25) is 0 Å². The van der Waals surface area contributed by atoms with Crippen molar-refractivity contribution in [3.05, 3.63) is 73.3 Å². The molecule has 0 radical (unpaired) electrons. The fraction of sp³-hybridized carbons (Fsp3) is 0.125. The summed E-state index contributed by atoms with van der Waals surface area (Å²) in [5.41, 5.74) is 3.67. The van der Waals surface area contributed by atoms with Crippen LogP contribution in [0, 0.1) is 0 Å². The molecule has 31 heavy (non-hydrogen) atoms. The quantitative estimate of drug-likeness (QED) is 0.264. The Labute approximate surface area is 179 Å². The van der Waals surface area contributed by atoms with Gasteiger partial charge in [-0.3, -0.25) is 0 Å². The first-order valence-corrected chi connectivity index (χ1v) is 9.55. The highest BCUT2D eigenvalue weighted by Crippen LogP contribution is 2.27. The zero-order valence-electron chi connectivity index (χ0n) is 17.4. The minimum atomic E-state index is -0.498. The molecule has 0 amide bonds. The largest absolute Gasteiger partial charge is 0.502 e. The van der Waals surface area contributed by atoms with E-state index >= 15 is 0 Å². The number of methoxy groups -OCH3 is 3. The molecule has 0 aliphatic rings. The van der Waals surface area contributed by atoms with Gasteiger partial charge >= 0.3 is 5.97 Å². The summed E-state index contributed by atoms with van der Waals surface area (Å²) >= 11 is 0. The fourth-order valence-electron chi connectivity index (χ4n) is 3.32. The molecule has 2 heterocycles. The van der Waals surface area contributed by atoms with Crippen molar-refractivity contribution in [2.24, 2.45) is 0 Å². The van der Waals surface area contributed by atoms with Crippen LogP contribution in [0.15, 0.2) is 73.3 Å². The van der Waals surface area contributed by atoms with Gasteiger partial charge in [0, 0.05) is 23.5 Å². The van der Waals surface area contributed by atoms with Crippen LogP contribution in [0.4, 0.5) is 0 Å². The lowest BCUT2D eigenvalue weighted by molar-refractivity contribution is -0.134. The fourth-order valence-corrected chi connectivity index (χ4v) is 3.32. The highest BCUT2D eigenvalue weighted by atomic mass is 16.5. The van der Waals surface area contributed by atoms with E-state index in [1.54, 1.807) is 24.1 Å². The molecule has 156 valence electrons. The molecule has 0 N–H and O–H groups in total. The maximum atomic E-state index is 12.2. The molecule has 0 aliphatic heterocycles. The smallest absolute Gasteiger partial charge is 0.358 e. The van der Waals surface area contributed by atoms with Crippen molar-refractivity contribution < 1.29 is 19.0 Å². The van der Waals surface area contributed by atoms with E-state index in [4.69, 9.17) is 19.2 Å². The van der Waals surface area contributed by atoms with E-state index in [1.807, 2.05) is 54.6 Å². The summed E-state index contributed by atoms with van der Waals surface area (Å²) < 4.78 is 16.9. The van der Waals surface area contributed by atoms with E-state index in [-0.39, 0.29) is 5.70 Å². The van der Waals surface area contributed by atoms with Gasteiger partial charge in [-0.2, -0.15) is 0 Å². The number of hydrogen-bond donors (Lipinski definition) is 0. The number of rotatable bonds is 6. The van der Waals surface area contributed by atoms with Crippen LogP contribution in [0.5, 0.6) is 5.75 Å². The van der Waals surface area contributed by atoms with Gasteiger partial charge in [0.1, 0.15) is 12.0 Å². The third-order valence-corrected chi connectivity index (χ3v) is 4.88. The van der Waals surface area contributed by atoms with Gasteiger partial charge in [0.2, 0.25) is 0 Å². The predicted molar refractivity (Wildman–Crippen MR) is 118 cm³/mol. The summed E-state index contributed by atoms with van der Waals surface area (Å²) in [4.78, 5) is 21.4. The summed E-state index contributed by atoms with van der Waals surface area (Å²) in [6.07, 6.45) is 4.89. The number of carbonyl (C=O) groups is 1. The van der Waals surface area contributed by atoms with Crippen LogP contribution in [-0.2, 0) is 14.3 Å². The van der Waals surface area contributed by atoms with Gasteiger partial charge in [0.05, 0.1) is 32.5 Å². The van der Waals surface area contributed by atoms with Crippen LogP contribution in [0.3, 0.4) is 0 Å². The van der Waals surface area contributed by atoms with Gasteiger partial charge in [0.15, 0.2) is 11.5 Å². The van der Waals surface area contributed by atoms with E-state index in [2.05, 4.69) is 4.98 Å². The van der Waals surface area contributed by atoms with Crippen molar-refractivity contribution in [1.29, 1.82) is 0 Å². The molecule has 0 atom stereocenters. The molecule has 2 aromatic heterocycles. The second kappa shape index (κ2) is 8.71. The first-order valence-electron chi connectivity index (χ1n) is 9.55. The van der Waals surface area contributed by atoms with E-state index < -0.39 is 5.97 Å². The summed E-state index contributed by atoms with van der Waals surface area (Å²) in [5, 5.41) is 0.959. The van der Waals surface area contributed by atoms with E-state index in [0.717, 1.165) is 33.5 Å². The van der Waals surface area contributed by atoms with Gasteiger partial charge in [-0.25, -0.2) is 14.8 Å². The number of ether oxygens (including phenoxy) is 3. The highest BCUT2D eigenvalue weighted by Gasteiger charge is 2.16. The summed E-state index contributed by atoms with van der Waals surface area (Å²) in [5.74, 6) is 0.871. The van der Waals surface area contributed by atoms with Gasteiger partial charge < -0.3 is 18.8 Å². The molecule has 7 heteroatoms. The summed E-state index contributed by atoms with van der Waals surface area (Å²) in [7, 11) is 4.46. The van der Waals surface area contributed by atoms with Crippen molar-refractivity contribution in [3.8, 4) is 28.4 Å². The second-order valence-corrected chi connectivity index (χ2v) is 6.68. The molecule has 0 saturated heterocycles. The molecule has 0 bridgehead atoms. The number of esters is 1. The molecular formula is C24H21N3O4. The SMILES string of the molecule is CO/C=C(/C(=O)OC)n1ccc2ccc(-c3nccc(-c4ccc(OC)cc4)n3)cc21. The number of nitrogens with zero attached hydrogens (tertiary/aromatic N) is 3. The molecular weight excluding hydrogens is 394 g/mol. The number of hydrogen-bond acceptors (Lipinski definition) is 6. The average molecular weight is 415 g/mol. The predicted octanol–water partition coefficient (Wildman–Crippen LogP) is 4.39. The normalized spacial score (nSPS) is 11.4. The Morgan fingerprint density at radius 3 is 2.45 bits per heavy atom. The topological polar surface area (TPSA) is 75.5 Å². The van der Waals surface area contributed by atoms with Crippen molar-refractivity contribution >= 4 is 22.6 Å². The summed E-state index contributed by atoms with van der Waals surface area (Å²) in [6.45, 7) is 0. The van der Waals surface area contributed by atoms with Crippen molar-refractivity contribution in [1.82, 2.24) is 14.5 Å². The Kier molecular flexibility index (Phi) is 5.66. The molecule has 4 aromatic rings. The third-order valence-electron chi connectivity index (χ3n) is 4.88. The molecule has 0 spiro atoms. The Morgan fingerprint density at radius 2 is 1.74 bits per heavy atom. The molecule has 4 rings (SSSR count). The number of fused-ring (bicyclic) bond motifs is 1. The van der Waals surface area contributed by atoms with E-state index in [0.29, 0.717) is 5.82 Å². The zero-order valence-corrected chi connectivity index (χ0v) is 17.4. The number of benzene rings is 2. The molecule has 0 unspecified atom stereocenters. The van der Waals surface area contributed by atoms with Crippen LogP contribution < -0.4 is 4.74 Å². The van der Waals surface area contributed by atoms with Gasteiger partial charge in [-0.05, 0) is 47.9 Å². The standard InChI is InChI=1S/C24H21N3O4/c1-29-15-22(24(28)31-3)27-13-11-17-4-5-18(14-21(17)27)23-25-12-10-20(26-23)16-6-8-19(30-2)9-7-16/h4-15H,1-3H3/b22-15-. The maximum absolute atomic E-state index is 12.2. The monoisotopic (exact) mass is 415 g/mol. The molecule has 0 fully saturated rings. The first-order chi connectivity index (χ1) is 15.1. The van der Waals surface area contributed by atoms with Crippen LogP contribution in [-0.4, -0.2) is 41.8 Å². The van der Waals surface area contributed by atoms with Crippen LogP contribution >= 0.6 is 0 Å². The van der Waals surface area contributed by atoms with Gasteiger partial charge in [-0.15, -0.1) is 0 Å². The lowest BCUT2D eigenvalue weighted by Gasteiger charge is -2.10. The molecule has 7 nitrogen and oxygen atoms in total. The van der Waals surface area contributed by atoms with Gasteiger partial charge in [-0.1, -0.05) is 12.1 Å². The van der Waals surface area contributed by atoms with E-state index in [9.17, 15) is 4.79 Å². The lowest BCUT2D eigenvalue weighted by atomic mass is 10.1. The van der Waals surface area contributed by atoms with Gasteiger partial charge in [0.25, 0.3) is 0 Å². The van der Waals surface area contributed by atoms with Crippen LogP contribution in [0.1, 0.15) is 0 Å². The summed E-state index contributed by atoms with van der Waals surface area (Å²) in [6, 6.07) is 17.3. The Balaban J connectivity index is 1.77. The molecule has 0 saturated carbocycles. The maximum Gasteiger partial charge on any atom is 0.358 e. The Bertz CT molecular complexity index is 1260. The second-order valence-electron chi connectivity index (χ2n) is 6.68. The minimum Gasteiger partial charge on any atom is -0.502 e. The van der Waals surface area contributed by atoms with Crippen molar-refractivity contribution in [2.45, 2.75) is 0 Å². The number of carbonyl (C=O) groups excluding carboxylic acids is 1. The van der Waals surface area contributed by atoms with Crippen LogP contribution in [0.25, 0.3) is 39.2 Å². The number of aromatic nitrogens is 3.